The van der Waals surface area contributed by atoms with Crippen molar-refractivity contribution in [2.24, 2.45) is 7.05 Å². The second-order valence-electron chi connectivity index (χ2n) is 7.00. The van der Waals surface area contributed by atoms with Crippen molar-refractivity contribution in [2.75, 3.05) is 20.3 Å². The highest BCUT2D eigenvalue weighted by atomic mass is 35.5. The first-order valence-electron chi connectivity index (χ1n) is 9.61. The molecule has 7 nitrogen and oxygen atoms in total. The average Bonchev–Trinajstić information content (AvgIpc) is 2.94. The maximum atomic E-state index is 13.2. The lowest BCUT2D eigenvalue weighted by molar-refractivity contribution is -0.133. The van der Waals surface area contributed by atoms with Crippen LogP contribution >= 0.6 is 11.6 Å². The first kappa shape index (κ1) is 23.5. The van der Waals surface area contributed by atoms with Crippen molar-refractivity contribution in [3.8, 4) is 5.75 Å². The summed E-state index contributed by atoms with van der Waals surface area (Å²) in [5.41, 5.74) is 1.95. The van der Waals surface area contributed by atoms with Crippen LogP contribution in [0.4, 0.5) is 0 Å². The summed E-state index contributed by atoms with van der Waals surface area (Å²) < 4.78 is 12.2. The molecule has 0 aliphatic carbocycles. The Morgan fingerprint density at radius 1 is 1.17 bits per heavy atom. The van der Waals surface area contributed by atoms with Gasteiger partial charge in [0.15, 0.2) is 12.4 Å². The van der Waals surface area contributed by atoms with Gasteiger partial charge in [0.2, 0.25) is 0 Å². The summed E-state index contributed by atoms with van der Waals surface area (Å²) in [5, 5.41) is 0.570. The van der Waals surface area contributed by atoms with Crippen molar-refractivity contribution in [3.05, 3.63) is 51.8 Å². The molecule has 1 unspecified atom stereocenters. The lowest BCUT2D eigenvalue weighted by atomic mass is 10.00. The third-order valence-electron chi connectivity index (χ3n) is 5.18. The third-order valence-corrected chi connectivity index (χ3v) is 5.43. The van der Waals surface area contributed by atoms with E-state index >= 15 is 0 Å². The maximum Gasteiger partial charge on any atom is 0.355 e. The molecule has 0 aliphatic heterocycles. The minimum atomic E-state index is -0.735. The van der Waals surface area contributed by atoms with Gasteiger partial charge in [-0.3, -0.25) is 9.59 Å². The van der Waals surface area contributed by atoms with Gasteiger partial charge in [-0.1, -0.05) is 11.6 Å². The van der Waals surface area contributed by atoms with Crippen molar-refractivity contribution in [3.63, 3.8) is 0 Å². The number of amides is 1. The topological polar surface area (TPSA) is 77.8 Å². The lowest BCUT2D eigenvalue weighted by Gasteiger charge is -2.24. The summed E-state index contributed by atoms with van der Waals surface area (Å²) in [6.45, 7) is 6.89. The van der Waals surface area contributed by atoms with E-state index in [1.54, 1.807) is 70.6 Å². The number of ether oxygens (including phenoxy) is 2. The Hall–Kier alpha value is -2.80. The summed E-state index contributed by atoms with van der Waals surface area (Å²) in [4.78, 5) is 39.3. The molecule has 162 valence electrons. The van der Waals surface area contributed by atoms with Gasteiger partial charge in [0.25, 0.3) is 5.91 Å². The number of rotatable bonds is 8. The molecule has 1 aromatic carbocycles. The van der Waals surface area contributed by atoms with E-state index in [2.05, 4.69) is 0 Å². The van der Waals surface area contributed by atoms with Crippen LogP contribution in [0.5, 0.6) is 5.75 Å². The third kappa shape index (κ3) is 4.84. The Bertz CT molecular complexity index is 949. The monoisotopic (exact) mass is 434 g/mol. The average molecular weight is 435 g/mol. The number of carbonyl (C=O) groups is 3. The van der Waals surface area contributed by atoms with Gasteiger partial charge in [-0.15, -0.1) is 0 Å². The van der Waals surface area contributed by atoms with Gasteiger partial charge in [0.1, 0.15) is 11.4 Å². The number of benzene rings is 1. The van der Waals surface area contributed by atoms with E-state index in [1.165, 1.54) is 4.90 Å². The zero-order valence-corrected chi connectivity index (χ0v) is 18.9. The standard InChI is InChI=1S/C22H27ClN2O5/c1-7-29-22(28)20-13(2)19(14(3)25(20)6)21(27)15(4)24(5)18(26)12-30-17-10-8-16(23)9-11-17/h8-11,15H,7,12H2,1-6H3. The molecule has 1 amide bonds. The molecule has 0 saturated carbocycles. The van der Waals surface area contributed by atoms with Gasteiger partial charge in [0.05, 0.1) is 12.6 Å². The number of likely N-dealkylation sites (N-methyl/N-ethyl adjacent to an activating group) is 1. The number of hydrogen-bond donors (Lipinski definition) is 0. The van der Waals surface area contributed by atoms with E-state index in [0.717, 1.165) is 0 Å². The van der Waals surface area contributed by atoms with Crippen molar-refractivity contribution in [1.82, 2.24) is 9.47 Å². The molecule has 0 bridgehead atoms. The number of carbonyl (C=O) groups excluding carboxylic acids is 3. The second kappa shape index (κ2) is 9.80. The molecule has 0 radical (unpaired) electrons. The summed E-state index contributed by atoms with van der Waals surface area (Å²) in [6.07, 6.45) is 0. The molecule has 2 rings (SSSR count). The number of ketones is 1. The molecule has 1 heterocycles. The highest BCUT2D eigenvalue weighted by molar-refractivity contribution is 6.30. The first-order chi connectivity index (χ1) is 14.1. The highest BCUT2D eigenvalue weighted by Gasteiger charge is 2.31. The van der Waals surface area contributed by atoms with Crippen molar-refractivity contribution < 1.29 is 23.9 Å². The van der Waals surface area contributed by atoms with Crippen LogP contribution in [0.1, 0.15) is 46.0 Å². The van der Waals surface area contributed by atoms with E-state index in [0.29, 0.717) is 33.3 Å². The minimum Gasteiger partial charge on any atom is -0.484 e. The first-order valence-corrected chi connectivity index (χ1v) is 9.99. The van der Waals surface area contributed by atoms with Crippen LogP contribution in [0, 0.1) is 13.8 Å². The molecular weight excluding hydrogens is 408 g/mol. The summed E-state index contributed by atoms with van der Waals surface area (Å²) in [6, 6.07) is 5.93. The molecule has 1 aromatic heterocycles. The Kier molecular flexibility index (Phi) is 7.67. The van der Waals surface area contributed by atoms with Gasteiger partial charge in [-0.2, -0.15) is 0 Å². The van der Waals surface area contributed by atoms with Gasteiger partial charge in [-0.05, 0) is 57.5 Å². The summed E-state index contributed by atoms with van der Waals surface area (Å²) >= 11 is 5.84. The molecule has 0 aliphatic rings. The normalized spacial score (nSPS) is 11.7. The van der Waals surface area contributed by atoms with E-state index < -0.39 is 12.0 Å². The Morgan fingerprint density at radius 2 is 1.77 bits per heavy atom. The van der Waals surface area contributed by atoms with Crippen molar-refractivity contribution in [1.29, 1.82) is 0 Å². The Morgan fingerprint density at radius 3 is 2.33 bits per heavy atom. The number of esters is 1. The van der Waals surface area contributed by atoms with Crippen LogP contribution < -0.4 is 4.74 Å². The lowest BCUT2D eigenvalue weighted by Crippen LogP contribution is -2.43. The number of aromatic nitrogens is 1. The zero-order chi connectivity index (χ0) is 22.6. The van der Waals surface area contributed by atoms with Gasteiger partial charge in [0, 0.05) is 30.4 Å². The van der Waals surface area contributed by atoms with Crippen LogP contribution in [0.3, 0.4) is 0 Å². The largest absolute Gasteiger partial charge is 0.484 e. The number of hydrogen-bond acceptors (Lipinski definition) is 5. The SMILES string of the molecule is CCOC(=O)c1c(C)c(C(=O)C(C)N(C)C(=O)COc2ccc(Cl)cc2)c(C)n1C. The summed E-state index contributed by atoms with van der Waals surface area (Å²) in [7, 11) is 3.26. The van der Waals surface area contributed by atoms with Crippen LogP contribution in [-0.2, 0) is 16.6 Å². The molecule has 8 heteroatoms. The quantitative estimate of drug-likeness (QED) is 0.468. The van der Waals surface area contributed by atoms with E-state index in [1.807, 2.05) is 0 Å². The molecule has 30 heavy (non-hydrogen) atoms. The smallest absolute Gasteiger partial charge is 0.355 e. The molecule has 1 atom stereocenters. The maximum absolute atomic E-state index is 13.2. The van der Waals surface area contributed by atoms with Crippen LogP contribution in [-0.4, -0.2) is 53.4 Å². The number of nitrogens with zero attached hydrogens (tertiary/aromatic N) is 2. The Balaban J connectivity index is 2.16. The molecule has 0 saturated heterocycles. The molecule has 2 aromatic rings. The van der Waals surface area contributed by atoms with E-state index in [4.69, 9.17) is 21.1 Å². The molecular formula is C22H27ClN2O5. The Labute approximate surface area is 181 Å². The fraction of sp³-hybridized carbons (Fsp3) is 0.409. The van der Waals surface area contributed by atoms with Crippen molar-refractivity contribution >= 4 is 29.3 Å². The summed E-state index contributed by atoms with van der Waals surface area (Å²) in [5.74, 6) is -0.566. The van der Waals surface area contributed by atoms with Crippen LogP contribution in [0.15, 0.2) is 24.3 Å². The van der Waals surface area contributed by atoms with Crippen LogP contribution in [0.25, 0.3) is 0 Å². The zero-order valence-electron chi connectivity index (χ0n) is 18.1. The van der Waals surface area contributed by atoms with Crippen LogP contribution in [0.2, 0.25) is 5.02 Å². The van der Waals surface area contributed by atoms with E-state index in [-0.39, 0.29) is 24.9 Å². The highest BCUT2D eigenvalue weighted by Crippen LogP contribution is 2.24. The fourth-order valence-electron chi connectivity index (χ4n) is 3.21. The van der Waals surface area contributed by atoms with Gasteiger partial charge >= 0.3 is 5.97 Å². The number of Topliss-reactive ketones (excluding diaryl/α,β-unsaturated/α-hetero) is 1. The molecule has 0 spiro atoms. The van der Waals surface area contributed by atoms with E-state index in [9.17, 15) is 14.4 Å². The second-order valence-corrected chi connectivity index (χ2v) is 7.44. The minimum absolute atomic E-state index is 0.212. The molecule has 0 N–H and O–H groups in total. The fourth-order valence-corrected chi connectivity index (χ4v) is 3.33. The van der Waals surface area contributed by atoms with Gasteiger partial charge < -0.3 is 18.9 Å². The van der Waals surface area contributed by atoms with Crippen molar-refractivity contribution in [2.45, 2.75) is 33.7 Å². The predicted molar refractivity (Wildman–Crippen MR) is 114 cm³/mol. The van der Waals surface area contributed by atoms with Gasteiger partial charge in [-0.25, -0.2) is 4.79 Å². The number of halogens is 1. The molecule has 0 fully saturated rings. The predicted octanol–water partition coefficient (Wildman–Crippen LogP) is 3.58.